The van der Waals surface area contributed by atoms with Gasteiger partial charge in [0.25, 0.3) is 0 Å². The molecule has 1 aliphatic heterocycles. The number of aliphatic imine (C=N–C) groups is 1. The highest BCUT2D eigenvalue weighted by Gasteiger charge is 2.30. The quantitative estimate of drug-likeness (QED) is 0.423. The summed E-state index contributed by atoms with van der Waals surface area (Å²) >= 11 is 0. The Labute approximate surface area is 168 Å². The number of nitrogens with zero attached hydrogens (tertiary/aromatic N) is 4. The van der Waals surface area contributed by atoms with Gasteiger partial charge in [-0.1, -0.05) is 0 Å². The summed E-state index contributed by atoms with van der Waals surface area (Å²) < 4.78 is 7.50. The first kappa shape index (κ1) is 22.0. The van der Waals surface area contributed by atoms with Crippen molar-refractivity contribution >= 4 is 12.1 Å². The maximum atomic E-state index is 12.5. The standard InChI is InChI=1S/C20H36N6O2/c1-5-21-18(22-11-8-13-25-14-9-12-24-25)23-16-17-10-6-7-15-26(17)19(27)28-20(2,3)4/h9,12,14,17H,5-8,10-11,13,15-16H2,1-4H3,(H2,21,22,23). The van der Waals surface area contributed by atoms with Gasteiger partial charge in [0.1, 0.15) is 5.60 Å². The van der Waals surface area contributed by atoms with E-state index in [-0.39, 0.29) is 12.1 Å². The average molecular weight is 393 g/mol. The van der Waals surface area contributed by atoms with Crippen LogP contribution in [0.5, 0.6) is 0 Å². The van der Waals surface area contributed by atoms with Gasteiger partial charge in [0.05, 0.1) is 12.6 Å². The lowest BCUT2D eigenvalue weighted by Crippen LogP contribution is -2.48. The van der Waals surface area contributed by atoms with Gasteiger partial charge < -0.3 is 20.3 Å². The van der Waals surface area contributed by atoms with Gasteiger partial charge in [-0.3, -0.25) is 9.67 Å². The second-order valence-electron chi connectivity index (χ2n) is 8.09. The third kappa shape index (κ3) is 7.78. The maximum absolute atomic E-state index is 12.5. The Kier molecular flexibility index (Phi) is 8.60. The highest BCUT2D eigenvalue weighted by Crippen LogP contribution is 2.20. The van der Waals surface area contributed by atoms with Gasteiger partial charge in [0.15, 0.2) is 5.96 Å². The average Bonchev–Trinajstić information content (AvgIpc) is 3.15. The van der Waals surface area contributed by atoms with Crippen molar-refractivity contribution in [1.82, 2.24) is 25.3 Å². The zero-order chi connectivity index (χ0) is 20.4. The Bertz CT molecular complexity index is 609. The fourth-order valence-corrected chi connectivity index (χ4v) is 3.17. The summed E-state index contributed by atoms with van der Waals surface area (Å²) in [6, 6.07) is 2.02. The first-order valence-corrected chi connectivity index (χ1v) is 10.4. The molecule has 1 aromatic heterocycles. The molecule has 0 spiro atoms. The van der Waals surface area contributed by atoms with E-state index >= 15 is 0 Å². The first-order valence-electron chi connectivity index (χ1n) is 10.4. The van der Waals surface area contributed by atoms with Gasteiger partial charge >= 0.3 is 6.09 Å². The van der Waals surface area contributed by atoms with E-state index in [1.165, 1.54) is 0 Å². The third-order valence-corrected chi connectivity index (χ3v) is 4.48. The molecule has 1 unspecified atom stereocenters. The molecule has 0 aromatic carbocycles. The van der Waals surface area contributed by atoms with Crippen LogP contribution in [0.4, 0.5) is 4.79 Å². The number of likely N-dealkylation sites (tertiary alicyclic amines) is 1. The second-order valence-corrected chi connectivity index (χ2v) is 8.09. The van der Waals surface area contributed by atoms with E-state index in [0.717, 1.165) is 57.8 Å². The summed E-state index contributed by atoms with van der Waals surface area (Å²) in [5, 5.41) is 10.9. The summed E-state index contributed by atoms with van der Waals surface area (Å²) in [6.07, 6.45) is 7.58. The van der Waals surface area contributed by atoms with Crippen molar-refractivity contribution in [3.63, 3.8) is 0 Å². The van der Waals surface area contributed by atoms with E-state index in [0.29, 0.717) is 6.54 Å². The van der Waals surface area contributed by atoms with Crippen LogP contribution in [-0.2, 0) is 11.3 Å². The van der Waals surface area contributed by atoms with Gasteiger partial charge in [-0.05, 0) is 59.4 Å². The van der Waals surface area contributed by atoms with Crippen LogP contribution < -0.4 is 10.6 Å². The van der Waals surface area contributed by atoms with E-state index < -0.39 is 5.60 Å². The lowest BCUT2D eigenvalue weighted by Gasteiger charge is -2.36. The number of hydrogen-bond acceptors (Lipinski definition) is 4. The molecule has 0 bridgehead atoms. The normalized spacial score (nSPS) is 18.1. The van der Waals surface area contributed by atoms with Crippen LogP contribution in [0.2, 0.25) is 0 Å². The highest BCUT2D eigenvalue weighted by atomic mass is 16.6. The highest BCUT2D eigenvalue weighted by molar-refractivity contribution is 5.79. The molecule has 0 radical (unpaired) electrons. The summed E-state index contributed by atoms with van der Waals surface area (Å²) in [5.41, 5.74) is -0.479. The Morgan fingerprint density at radius 1 is 1.32 bits per heavy atom. The van der Waals surface area contributed by atoms with Crippen LogP contribution in [0, 0.1) is 0 Å². The van der Waals surface area contributed by atoms with Crippen molar-refractivity contribution in [3.8, 4) is 0 Å². The van der Waals surface area contributed by atoms with E-state index in [1.807, 2.05) is 42.6 Å². The fraction of sp³-hybridized carbons (Fsp3) is 0.750. The zero-order valence-corrected chi connectivity index (χ0v) is 17.8. The molecular weight excluding hydrogens is 356 g/mol. The predicted octanol–water partition coefficient (Wildman–Crippen LogP) is 2.62. The number of carbonyl (C=O) groups excluding carboxylic acids is 1. The number of nitrogens with one attached hydrogen (secondary N) is 2. The molecule has 8 heteroatoms. The number of rotatable bonds is 7. The fourth-order valence-electron chi connectivity index (χ4n) is 3.17. The number of hydrogen-bond donors (Lipinski definition) is 2. The number of aromatic nitrogens is 2. The van der Waals surface area contributed by atoms with Crippen LogP contribution in [-0.4, -0.2) is 64.6 Å². The number of ether oxygens (including phenoxy) is 1. The second kappa shape index (κ2) is 10.9. The van der Waals surface area contributed by atoms with Crippen LogP contribution >= 0.6 is 0 Å². The van der Waals surface area contributed by atoms with Gasteiger partial charge in [-0.25, -0.2) is 4.79 Å². The molecule has 2 rings (SSSR count). The smallest absolute Gasteiger partial charge is 0.410 e. The summed E-state index contributed by atoms with van der Waals surface area (Å²) in [5.74, 6) is 0.790. The number of piperidine rings is 1. The summed E-state index contributed by atoms with van der Waals surface area (Å²) in [4.78, 5) is 19.1. The molecule has 1 aromatic rings. The minimum atomic E-state index is -0.479. The molecule has 2 N–H and O–H groups in total. The Morgan fingerprint density at radius 2 is 2.14 bits per heavy atom. The van der Waals surface area contributed by atoms with Crippen molar-refractivity contribution in [3.05, 3.63) is 18.5 Å². The molecule has 1 aliphatic rings. The van der Waals surface area contributed by atoms with Gasteiger partial charge in [-0.2, -0.15) is 5.10 Å². The van der Waals surface area contributed by atoms with Crippen molar-refractivity contribution in [2.75, 3.05) is 26.2 Å². The molecule has 0 saturated carbocycles. The van der Waals surface area contributed by atoms with Crippen molar-refractivity contribution < 1.29 is 9.53 Å². The molecule has 8 nitrogen and oxygen atoms in total. The molecule has 1 amide bonds. The van der Waals surface area contributed by atoms with Gasteiger partial charge in [-0.15, -0.1) is 0 Å². The molecule has 28 heavy (non-hydrogen) atoms. The molecule has 2 heterocycles. The largest absolute Gasteiger partial charge is 0.444 e. The number of amides is 1. The lowest BCUT2D eigenvalue weighted by atomic mass is 10.0. The molecule has 1 fully saturated rings. The number of carbonyl (C=O) groups is 1. The van der Waals surface area contributed by atoms with Crippen LogP contribution in [0.3, 0.4) is 0 Å². The Morgan fingerprint density at radius 3 is 2.82 bits per heavy atom. The topological polar surface area (TPSA) is 83.8 Å². The van der Waals surface area contributed by atoms with Crippen LogP contribution in [0.1, 0.15) is 53.4 Å². The molecule has 1 atom stereocenters. The van der Waals surface area contributed by atoms with Crippen LogP contribution in [0.25, 0.3) is 0 Å². The molecular formula is C20H36N6O2. The van der Waals surface area contributed by atoms with E-state index in [1.54, 1.807) is 6.20 Å². The minimum absolute atomic E-state index is 0.0862. The van der Waals surface area contributed by atoms with Crippen molar-refractivity contribution in [2.24, 2.45) is 4.99 Å². The Hall–Kier alpha value is -2.25. The maximum Gasteiger partial charge on any atom is 0.410 e. The summed E-state index contributed by atoms with van der Waals surface area (Å²) in [7, 11) is 0. The van der Waals surface area contributed by atoms with Crippen molar-refractivity contribution in [1.29, 1.82) is 0 Å². The molecule has 0 aliphatic carbocycles. The number of aryl methyl sites for hydroxylation is 1. The summed E-state index contributed by atoms with van der Waals surface area (Å²) in [6.45, 7) is 11.5. The minimum Gasteiger partial charge on any atom is -0.444 e. The van der Waals surface area contributed by atoms with E-state index in [2.05, 4.69) is 22.7 Å². The third-order valence-electron chi connectivity index (χ3n) is 4.48. The molecule has 158 valence electrons. The Balaban J connectivity index is 1.86. The van der Waals surface area contributed by atoms with E-state index in [9.17, 15) is 4.79 Å². The van der Waals surface area contributed by atoms with Gasteiger partial charge in [0.2, 0.25) is 0 Å². The zero-order valence-electron chi connectivity index (χ0n) is 17.8. The predicted molar refractivity (Wildman–Crippen MR) is 111 cm³/mol. The SMILES string of the molecule is CCNC(=NCC1CCCCN1C(=O)OC(C)(C)C)NCCCn1cccn1. The van der Waals surface area contributed by atoms with Gasteiger partial charge in [0, 0.05) is 38.6 Å². The lowest BCUT2D eigenvalue weighted by molar-refractivity contribution is 0.0110. The van der Waals surface area contributed by atoms with Crippen molar-refractivity contribution in [2.45, 2.75) is 71.6 Å². The number of guanidine groups is 1. The molecule has 1 saturated heterocycles. The first-order chi connectivity index (χ1) is 13.4. The van der Waals surface area contributed by atoms with Crippen LogP contribution in [0.15, 0.2) is 23.5 Å². The monoisotopic (exact) mass is 392 g/mol. The van der Waals surface area contributed by atoms with E-state index in [4.69, 9.17) is 9.73 Å².